The van der Waals surface area contributed by atoms with Crippen LogP contribution in [0.25, 0.3) is 0 Å². The average Bonchev–Trinajstić information content (AvgIpc) is 2.85. The maximum atomic E-state index is 12.9. The second-order valence-electron chi connectivity index (χ2n) is 8.43. The Morgan fingerprint density at radius 1 is 0.778 bits per heavy atom. The number of alkyl halides is 6. The Morgan fingerprint density at radius 2 is 1.28 bits per heavy atom. The van der Waals surface area contributed by atoms with Gasteiger partial charge in [0.05, 0.1) is 17.0 Å². The first-order valence-electron chi connectivity index (χ1n) is 11.2. The first-order chi connectivity index (χ1) is 16.9. The number of ether oxygens (including phenoxy) is 1. The van der Waals surface area contributed by atoms with Crippen molar-refractivity contribution in [3.8, 4) is 5.75 Å². The summed E-state index contributed by atoms with van der Waals surface area (Å²) in [6, 6.07) is 17.9. The van der Waals surface area contributed by atoms with Gasteiger partial charge in [-0.15, -0.1) is 0 Å². The van der Waals surface area contributed by atoms with Crippen LogP contribution in [0.2, 0.25) is 0 Å². The molecule has 3 rings (SSSR count). The van der Waals surface area contributed by atoms with E-state index in [1.54, 1.807) is 26.1 Å². The number of carbonyl (C=O) groups is 1. The lowest BCUT2D eigenvalue weighted by atomic mass is 9.98. The van der Waals surface area contributed by atoms with Gasteiger partial charge >= 0.3 is 12.4 Å². The summed E-state index contributed by atoms with van der Waals surface area (Å²) in [5.74, 6) is -0.691. The molecule has 192 valence electrons. The van der Waals surface area contributed by atoms with Crippen LogP contribution in [0.1, 0.15) is 47.6 Å². The molecule has 36 heavy (non-hydrogen) atoms. The molecule has 0 spiro atoms. The summed E-state index contributed by atoms with van der Waals surface area (Å²) < 4.78 is 83.0. The number of rotatable bonds is 8. The van der Waals surface area contributed by atoms with Crippen LogP contribution < -0.4 is 4.74 Å². The van der Waals surface area contributed by atoms with Crippen molar-refractivity contribution >= 4 is 5.91 Å². The van der Waals surface area contributed by atoms with Crippen molar-refractivity contribution in [2.75, 3.05) is 13.6 Å². The van der Waals surface area contributed by atoms with Crippen LogP contribution in [0.5, 0.6) is 5.75 Å². The second-order valence-corrected chi connectivity index (χ2v) is 8.43. The Kier molecular flexibility index (Phi) is 8.32. The van der Waals surface area contributed by atoms with Crippen LogP contribution in [0.3, 0.4) is 0 Å². The van der Waals surface area contributed by atoms with Gasteiger partial charge in [0.2, 0.25) is 5.91 Å². The lowest BCUT2D eigenvalue weighted by Gasteiger charge is -2.25. The predicted molar refractivity (Wildman–Crippen MR) is 123 cm³/mol. The highest BCUT2D eigenvalue weighted by Gasteiger charge is 2.31. The highest BCUT2D eigenvalue weighted by atomic mass is 19.4. The number of likely N-dealkylation sites (N-methyl/N-ethyl adjacent to an activating group) is 1. The predicted octanol–water partition coefficient (Wildman–Crippen LogP) is 7.50. The molecule has 0 saturated carbocycles. The number of carbonyl (C=O) groups excluding carboxylic acids is 1. The Hall–Kier alpha value is -3.49. The van der Waals surface area contributed by atoms with Crippen molar-refractivity contribution in [1.29, 1.82) is 0 Å². The maximum absolute atomic E-state index is 12.9. The zero-order chi connectivity index (χ0) is 26.5. The summed E-state index contributed by atoms with van der Waals surface area (Å²) in [7, 11) is 1.59. The van der Waals surface area contributed by atoms with E-state index in [9.17, 15) is 31.1 Å². The van der Waals surface area contributed by atoms with Crippen molar-refractivity contribution in [1.82, 2.24) is 4.90 Å². The molecule has 0 unspecified atom stereocenters. The first-order valence-corrected chi connectivity index (χ1v) is 11.2. The van der Waals surface area contributed by atoms with Crippen LogP contribution in [0.4, 0.5) is 26.3 Å². The van der Waals surface area contributed by atoms with E-state index >= 15 is 0 Å². The van der Waals surface area contributed by atoms with E-state index in [2.05, 4.69) is 0 Å². The topological polar surface area (TPSA) is 29.5 Å². The molecule has 0 N–H and O–H groups in total. The van der Waals surface area contributed by atoms with Crippen LogP contribution in [-0.2, 0) is 17.1 Å². The van der Waals surface area contributed by atoms with E-state index in [1.807, 2.05) is 18.2 Å². The maximum Gasteiger partial charge on any atom is 0.416 e. The van der Waals surface area contributed by atoms with E-state index in [1.165, 1.54) is 29.2 Å². The Morgan fingerprint density at radius 3 is 1.78 bits per heavy atom. The summed E-state index contributed by atoms with van der Waals surface area (Å²) in [5, 5.41) is 0. The van der Waals surface area contributed by atoms with Gasteiger partial charge in [-0.3, -0.25) is 4.79 Å². The van der Waals surface area contributed by atoms with Crippen molar-refractivity contribution in [2.45, 2.75) is 37.7 Å². The van der Waals surface area contributed by atoms with Crippen molar-refractivity contribution in [3.05, 3.63) is 101 Å². The largest absolute Gasteiger partial charge is 0.486 e. The molecule has 0 bridgehead atoms. The normalized spacial score (nSPS) is 13.7. The van der Waals surface area contributed by atoms with Crippen molar-refractivity contribution in [2.24, 2.45) is 0 Å². The van der Waals surface area contributed by atoms with E-state index in [0.29, 0.717) is 12.0 Å². The van der Waals surface area contributed by atoms with E-state index in [0.717, 1.165) is 29.8 Å². The minimum absolute atomic E-state index is 0.254. The van der Waals surface area contributed by atoms with Gasteiger partial charge < -0.3 is 9.64 Å². The van der Waals surface area contributed by atoms with Crippen LogP contribution >= 0.6 is 0 Å². The van der Waals surface area contributed by atoms with Gasteiger partial charge in [-0.05, 0) is 54.4 Å². The number of amides is 1. The fourth-order valence-electron chi connectivity index (χ4n) is 3.70. The van der Waals surface area contributed by atoms with Gasteiger partial charge in [-0.2, -0.15) is 26.3 Å². The fraction of sp³-hybridized carbons (Fsp3) is 0.296. The number of benzene rings is 3. The zero-order valence-corrected chi connectivity index (χ0v) is 19.6. The van der Waals surface area contributed by atoms with Gasteiger partial charge in [0.25, 0.3) is 0 Å². The molecule has 0 aliphatic rings. The molecule has 0 saturated heterocycles. The molecule has 2 atom stereocenters. The fourth-order valence-corrected chi connectivity index (χ4v) is 3.70. The monoisotopic (exact) mass is 509 g/mol. The van der Waals surface area contributed by atoms with E-state index in [4.69, 9.17) is 4.74 Å². The van der Waals surface area contributed by atoms with E-state index in [-0.39, 0.29) is 18.2 Å². The molecule has 0 aromatic heterocycles. The Balaban J connectivity index is 1.68. The van der Waals surface area contributed by atoms with E-state index < -0.39 is 35.5 Å². The molecule has 3 nitrogen and oxygen atoms in total. The summed E-state index contributed by atoms with van der Waals surface area (Å²) in [6.45, 7) is 1.87. The standard InChI is InChI=1S/C27H25F6NO2/c1-18(19-8-10-21(11-9-19)26(28,29)30)25(35)34(2)17-16-24(20-6-4-3-5-7-20)36-23-14-12-22(13-15-23)27(31,32)33/h3-15,18,24H,16-17H2,1-2H3/t18-,24+/m1/s1. The summed E-state index contributed by atoms with van der Waals surface area (Å²) in [5.41, 5.74) is -0.325. The van der Waals surface area contributed by atoms with Gasteiger partial charge in [-0.25, -0.2) is 0 Å². The molecular formula is C27H25F6NO2. The number of nitrogens with zero attached hydrogens (tertiary/aromatic N) is 1. The quantitative estimate of drug-likeness (QED) is 0.295. The number of hydrogen-bond acceptors (Lipinski definition) is 2. The Labute approximate surface area is 205 Å². The van der Waals surface area contributed by atoms with Crippen LogP contribution in [0.15, 0.2) is 78.9 Å². The average molecular weight is 509 g/mol. The molecule has 0 fully saturated rings. The smallest absolute Gasteiger partial charge is 0.416 e. The van der Waals surface area contributed by atoms with Crippen molar-refractivity contribution in [3.63, 3.8) is 0 Å². The third kappa shape index (κ3) is 7.02. The molecule has 1 amide bonds. The highest BCUT2D eigenvalue weighted by Crippen LogP contribution is 2.33. The van der Waals surface area contributed by atoms with Crippen molar-refractivity contribution < 1.29 is 35.9 Å². The SMILES string of the molecule is C[C@@H](C(=O)N(C)CC[C@H](Oc1ccc(C(F)(F)F)cc1)c1ccccc1)c1ccc(C(F)(F)F)cc1. The Bertz CT molecular complexity index is 1130. The minimum Gasteiger partial charge on any atom is -0.486 e. The molecule has 0 aliphatic carbocycles. The third-order valence-corrected chi connectivity index (χ3v) is 5.84. The minimum atomic E-state index is -4.46. The second kappa shape index (κ2) is 11.1. The van der Waals surface area contributed by atoms with Crippen LogP contribution in [-0.4, -0.2) is 24.4 Å². The molecule has 0 radical (unpaired) electrons. The molecule has 0 aliphatic heterocycles. The summed E-state index contributed by atoms with van der Waals surface area (Å²) >= 11 is 0. The summed E-state index contributed by atoms with van der Waals surface area (Å²) in [4.78, 5) is 14.4. The third-order valence-electron chi connectivity index (χ3n) is 5.84. The van der Waals surface area contributed by atoms with Crippen LogP contribution in [0, 0.1) is 0 Å². The lowest BCUT2D eigenvalue weighted by molar-refractivity contribution is -0.138. The molecule has 3 aromatic rings. The first kappa shape index (κ1) is 27.1. The van der Waals surface area contributed by atoms with Gasteiger partial charge in [0.1, 0.15) is 11.9 Å². The molecule has 0 heterocycles. The lowest BCUT2D eigenvalue weighted by Crippen LogP contribution is -2.32. The molecule has 3 aromatic carbocycles. The zero-order valence-electron chi connectivity index (χ0n) is 19.6. The number of hydrogen-bond donors (Lipinski definition) is 0. The molecular weight excluding hydrogens is 484 g/mol. The summed E-state index contributed by atoms with van der Waals surface area (Å²) in [6.07, 6.45) is -9.11. The highest BCUT2D eigenvalue weighted by molar-refractivity contribution is 5.83. The van der Waals surface area contributed by atoms with Gasteiger partial charge in [0.15, 0.2) is 0 Å². The molecule has 9 heteroatoms. The van der Waals surface area contributed by atoms with Gasteiger partial charge in [-0.1, -0.05) is 42.5 Å². The van der Waals surface area contributed by atoms with Gasteiger partial charge in [0, 0.05) is 20.0 Å². The number of halogens is 6.